The highest BCUT2D eigenvalue weighted by molar-refractivity contribution is 5.24. The molecule has 1 saturated heterocycles. The lowest BCUT2D eigenvalue weighted by Crippen LogP contribution is -2.50. The van der Waals surface area contributed by atoms with E-state index in [9.17, 15) is 5.11 Å². The Bertz CT molecular complexity index is 306. The van der Waals surface area contributed by atoms with Gasteiger partial charge in [0.2, 0.25) is 0 Å². The number of hydrogen-bond donors (Lipinski definition) is 1. The fraction of sp³-hybridized carbons (Fsp3) is 0.857. The van der Waals surface area contributed by atoms with E-state index < -0.39 is 0 Å². The molecule has 0 bridgehead atoms. The highest BCUT2D eigenvalue weighted by atomic mass is 16.5. The zero-order valence-electron chi connectivity index (χ0n) is 10.9. The molecule has 0 aromatic rings. The van der Waals surface area contributed by atoms with Gasteiger partial charge in [-0.25, -0.2) is 0 Å². The van der Waals surface area contributed by atoms with Gasteiger partial charge in [0.15, 0.2) is 0 Å². The first-order chi connectivity index (χ1) is 7.46. The van der Waals surface area contributed by atoms with E-state index in [2.05, 4.69) is 33.8 Å². The first-order valence-corrected chi connectivity index (χ1v) is 6.35. The molecule has 0 spiro atoms. The minimum atomic E-state index is 0.0469. The SMILES string of the molecule is C/C=C1\CO[C@@H]2CCC(C)(C)[C@@H](CO)[C@]12C. The monoisotopic (exact) mass is 224 g/mol. The molecule has 2 heteroatoms. The molecule has 16 heavy (non-hydrogen) atoms. The third kappa shape index (κ3) is 1.46. The van der Waals surface area contributed by atoms with Crippen molar-refractivity contribution >= 4 is 0 Å². The molecule has 2 fully saturated rings. The third-order valence-electron chi connectivity index (χ3n) is 5.05. The summed E-state index contributed by atoms with van der Waals surface area (Å²) in [5, 5.41) is 9.77. The van der Waals surface area contributed by atoms with Gasteiger partial charge in [-0.15, -0.1) is 0 Å². The van der Waals surface area contributed by atoms with Gasteiger partial charge in [0.1, 0.15) is 0 Å². The molecule has 92 valence electrons. The predicted molar refractivity (Wildman–Crippen MR) is 65.2 cm³/mol. The number of hydrogen-bond acceptors (Lipinski definition) is 2. The van der Waals surface area contributed by atoms with Gasteiger partial charge in [0.25, 0.3) is 0 Å². The maximum Gasteiger partial charge on any atom is 0.0687 e. The van der Waals surface area contributed by atoms with Crippen molar-refractivity contribution in [3.8, 4) is 0 Å². The van der Waals surface area contributed by atoms with Gasteiger partial charge in [-0.05, 0) is 36.7 Å². The van der Waals surface area contributed by atoms with E-state index in [1.54, 1.807) is 0 Å². The van der Waals surface area contributed by atoms with Gasteiger partial charge in [-0.2, -0.15) is 0 Å². The van der Waals surface area contributed by atoms with E-state index in [4.69, 9.17) is 4.74 Å². The molecule has 1 aliphatic carbocycles. The summed E-state index contributed by atoms with van der Waals surface area (Å²) in [7, 11) is 0. The van der Waals surface area contributed by atoms with Crippen LogP contribution in [0.25, 0.3) is 0 Å². The van der Waals surface area contributed by atoms with Gasteiger partial charge >= 0.3 is 0 Å². The summed E-state index contributed by atoms with van der Waals surface area (Å²) in [5.74, 6) is 0.312. The first-order valence-electron chi connectivity index (χ1n) is 6.35. The summed E-state index contributed by atoms with van der Waals surface area (Å²) in [5.41, 5.74) is 1.64. The van der Waals surface area contributed by atoms with Crippen molar-refractivity contribution in [1.29, 1.82) is 0 Å². The third-order valence-corrected chi connectivity index (χ3v) is 5.05. The Morgan fingerprint density at radius 1 is 1.44 bits per heavy atom. The second-order valence-corrected chi connectivity index (χ2v) is 6.16. The molecular formula is C14H24O2. The number of rotatable bonds is 1. The summed E-state index contributed by atoms with van der Waals surface area (Å²) >= 11 is 0. The normalized spacial score (nSPS) is 44.7. The van der Waals surface area contributed by atoms with Crippen LogP contribution in [-0.4, -0.2) is 24.4 Å². The Kier molecular flexibility index (Phi) is 2.92. The predicted octanol–water partition coefficient (Wildman–Crippen LogP) is 2.77. The van der Waals surface area contributed by atoms with Crippen molar-refractivity contribution in [2.24, 2.45) is 16.7 Å². The van der Waals surface area contributed by atoms with Gasteiger partial charge in [0.05, 0.1) is 12.7 Å². The van der Waals surface area contributed by atoms with Crippen LogP contribution >= 0.6 is 0 Å². The standard InChI is InChI=1S/C14H24O2/c1-5-10-9-16-12-6-7-13(2,3)11(8-15)14(10,12)4/h5,11-12,15H,6-9H2,1-4H3/b10-5+/t11-,12-,14+/m1/s1. The van der Waals surface area contributed by atoms with Crippen LogP contribution in [0.1, 0.15) is 40.5 Å². The van der Waals surface area contributed by atoms with Crippen LogP contribution in [0, 0.1) is 16.7 Å². The Morgan fingerprint density at radius 3 is 2.69 bits per heavy atom. The minimum Gasteiger partial charge on any atom is -0.396 e. The van der Waals surface area contributed by atoms with Gasteiger partial charge in [-0.3, -0.25) is 0 Å². The maximum absolute atomic E-state index is 9.77. The van der Waals surface area contributed by atoms with Crippen LogP contribution in [0.5, 0.6) is 0 Å². The largest absolute Gasteiger partial charge is 0.396 e. The Hall–Kier alpha value is -0.340. The summed E-state index contributed by atoms with van der Waals surface area (Å²) in [6.45, 7) is 9.94. The molecule has 1 N–H and O–H groups in total. The molecular weight excluding hydrogens is 200 g/mol. The molecule has 0 radical (unpaired) electrons. The molecule has 3 atom stereocenters. The highest BCUT2D eigenvalue weighted by Gasteiger charge is 2.56. The van der Waals surface area contributed by atoms with Crippen molar-refractivity contribution in [3.05, 3.63) is 11.6 Å². The van der Waals surface area contributed by atoms with Crippen LogP contribution in [0.2, 0.25) is 0 Å². The molecule has 2 aliphatic rings. The van der Waals surface area contributed by atoms with Crippen LogP contribution in [0.3, 0.4) is 0 Å². The van der Waals surface area contributed by atoms with Crippen LogP contribution in [0.15, 0.2) is 11.6 Å². The Balaban J connectivity index is 2.42. The van der Waals surface area contributed by atoms with E-state index in [0.717, 1.165) is 19.4 Å². The van der Waals surface area contributed by atoms with E-state index in [-0.39, 0.29) is 17.4 Å². The van der Waals surface area contributed by atoms with Gasteiger partial charge in [0, 0.05) is 12.0 Å². The van der Waals surface area contributed by atoms with Crippen LogP contribution < -0.4 is 0 Å². The summed E-state index contributed by atoms with van der Waals surface area (Å²) in [4.78, 5) is 0. The Labute approximate surface area is 98.7 Å². The van der Waals surface area contributed by atoms with E-state index in [1.807, 2.05) is 0 Å². The molecule has 1 aliphatic heterocycles. The van der Waals surface area contributed by atoms with E-state index in [0.29, 0.717) is 12.0 Å². The zero-order chi connectivity index (χ0) is 12.0. The minimum absolute atomic E-state index is 0.0469. The summed E-state index contributed by atoms with van der Waals surface area (Å²) in [6, 6.07) is 0. The van der Waals surface area contributed by atoms with Crippen molar-refractivity contribution in [2.75, 3.05) is 13.2 Å². The molecule has 0 amide bonds. The summed E-state index contributed by atoms with van der Waals surface area (Å²) in [6.07, 6.45) is 4.76. The lowest BCUT2D eigenvalue weighted by atomic mass is 9.54. The first kappa shape index (κ1) is 12.1. The quantitative estimate of drug-likeness (QED) is 0.694. The number of fused-ring (bicyclic) bond motifs is 1. The van der Waals surface area contributed by atoms with Gasteiger partial charge < -0.3 is 9.84 Å². The summed E-state index contributed by atoms with van der Waals surface area (Å²) < 4.78 is 5.91. The number of allylic oxidation sites excluding steroid dienone is 1. The molecule has 2 rings (SSSR count). The van der Waals surface area contributed by atoms with Gasteiger partial charge in [-0.1, -0.05) is 26.8 Å². The maximum atomic E-state index is 9.77. The molecule has 0 aromatic carbocycles. The molecule has 0 unspecified atom stereocenters. The topological polar surface area (TPSA) is 29.5 Å². The van der Waals surface area contributed by atoms with Crippen LogP contribution in [-0.2, 0) is 4.74 Å². The highest BCUT2D eigenvalue weighted by Crippen LogP contribution is 2.57. The number of ether oxygens (including phenoxy) is 1. The molecule has 2 nitrogen and oxygen atoms in total. The van der Waals surface area contributed by atoms with E-state index >= 15 is 0 Å². The molecule has 1 saturated carbocycles. The fourth-order valence-corrected chi connectivity index (χ4v) is 3.88. The number of aliphatic hydroxyl groups is 1. The van der Waals surface area contributed by atoms with Crippen molar-refractivity contribution in [1.82, 2.24) is 0 Å². The van der Waals surface area contributed by atoms with Crippen LogP contribution in [0.4, 0.5) is 0 Å². The second kappa shape index (κ2) is 3.85. The Morgan fingerprint density at radius 2 is 2.12 bits per heavy atom. The smallest absolute Gasteiger partial charge is 0.0687 e. The molecule has 0 aromatic heterocycles. The fourth-order valence-electron chi connectivity index (χ4n) is 3.88. The van der Waals surface area contributed by atoms with Crippen molar-refractivity contribution in [3.63, 3.8) is 0 Å². The number of aliphatic hydroxyl groups excluding tert-OH is 1. The van der Waals surface area contributed by atoms with Crippen molar-refractivity contribution in [2.45, 2.75) is 46.6 Å². The average Bonchev–Trinajstić information content (AvgIpc) is 2.53. The van der Waals surface area contributed by atoms with Crippen molar-refractivity contribution < 1.29 is 9.84 Å². The van der Waals surface area contributed by atoms with E-state index in [1.165, 1.54) is 5.57 Å². The lowest BCUT2D eigenvalue weighted by Gasteiger charge is -2.51. The lowest BCUT2D eigenvalue weighted by molar-refractivity contribution is -0.0796. The second-order valence-electron chi connectivity index (χ2n) is 6.16. The molecule has 1 heterocycles. The zero-order valence-corrected chi connectivity index (χ0v) is 10.9. The average molecular weight is 224 g/mol.